The van der Waals surface area contributed by atoms with Crippen molar-refractivity contribution in [2.45, 2.75) is 0 Å². The molecule has 21 heavy (non-hydrogen) atoms. The molecule has 0 spiro atoms. The standard InChI is InChI=1S/C16H10ClFN2O/c17-12-6-4-10(5-7-12)8-14-16(21)20-15(19-14)11-2-1-3-13(18)9-11/h1-9H,(H,19,20,21). The maximum Gasteiger partial charge on any atom is 0.275 e. The first-order chi connectivity index (χ1) is 10.1. The molecule has 1 N–H and O–H groups in total. The summed E-state index contributed by atoms with van der Waals surface area (Å²) >= 11 is 5.81. The fourth-order valence-corrected chi connectivity index (χ4v) is 2.08. The largest absolute Gasteiger partial charge is 0.305 e. The molecule has 1 aliphatic rings. The molecule has 1 aliphatic heterocycles. The van der Waals surface area contributed by atoms with Gasteiger partial charge >= 0.3 is 0 Å². The molecular weight excluding hydrogens is 291 g/mol. The van der Waals surface area contributed by atoms with E-state index in [-0.39, 0.29) is 17.4 Å². The number of carbonyl (C=O) groups excluding carboxylic acids is 1. The van der Waals surface area contributed by atoms with E-state index in [0.717, 1.165) is 5.56 Å². The zero-order valence-electron chi connectivity index (χ0n) is 10.8. The van der Waals surface area contributed by atoms with Crippen LogP contribution in [0.2, 0.25) is 5.02 Å². The molecule has 0 saturated carbocycles. The molecule has 2 aromatic rings. The Balaban J connectivity index is 1.93. The van der Waals surface area contributed by atoms with Crippen LogP contribution in [0.5, 0.6) is 0 Å². The number of hydrogen-bond acceptors (Lipinski definition) is 2. The molecule has 0 fully saturated rings. The molecule has 0 bridgehead atoms. The molecule has 0 atom stereocenters. The third-order valence-corrected chi connectivity index (χ3v) is 3.22. The van der Waals surface area contributed by atoms with Crippen LogP contribution in [0.15, 0.2) is 59.2 Å². The second-order valence-electron chi connectivity index (χ2n) is 4.51. The molecule has 0 aromatic heterocycles. The Morgan fingerprint density at radius 1 is 1.14 bits per heavy atom. The minimum atomic E-state index is -0.375. The summed E-state index contributed by atoms with van der Waals surface area (Å²) in [5.74, 6) is -0.344. The van der Waals surface area contributed by atoms with Crippen molar-refractivity contribution in [3.05, 3.63) is 76.2 Å². The topological polar surface area (TPSA) is 41.5 Å². The van der Waals surface area contributed by atoms with Gasteiger partial charge in [0, 0.05) is 10.6 Å². The van der Waals surface area contributed by atoms with Crippen molar-refractivity contribution in [3.8, 4) is 0 Å². The Hall–Kier alpha value is -2.46. The molecule has 0 saturated heterocycles. The third-order valence-electron chi connectivity index (χ3n) is 2.97. The highest BCUT2D eigenvalue weighted by Crippen LogP contribution is 2.17. The van der Waals surface area contributed by atoms with Crippen molar-refractivity contribution in [1.29, 1.82) is 0 Å². The maximum atomic E-state index is 13.2. The average Bonchev–Trinajstić information content (AvgIpc) is 2.83. The Morgan fingerprint density at radius 3 is 2.62 bits per heavy atom. The van der Waals surface area contributed by atoms with Crippen molar-refractivity contribution < 1.29 is 9.18 Å². The van der Waals surface area contributed by atoms with Crippen LogP contribution in [0.1, 0.15) is 11.1 Å². The molecule has 3 rings (SSSR count). The number of halogens is 2. The van der Waals surface area contributed by atoms with E-state index in [1.54, 1.807) is 42.5 Å². The van der Waals surface area contributed by atoms with Gasteiger partial charge < -0.3 is 5.32 Å². The summed E-state index contributed by atoms with van der Waals surface area (Å²) < 4.78 is 13.2. The Morgan fingerprint density at radius 2 is 1.90 bits per heavy atom. The number of rotatable bonds is 2. The van der Waals surface area contributed by atoms with Crippen LogP contribution in [0.4, 0.5) is 4.39 Å². The smallest absolute Gasteiger partial charge is 0.275 e. The lowest BCUT2D eigenvalue weighted by molar-refractivity contribution is -0.115. The van der Waals surface area contributed by atoms with Gasteiger partial charge in [-0.15, -0.1) is 0 Å². The van der Waals surface area contributed by atoms with Crippen LogP contribution < -0.4 is 5.32 Å². The van der Waals surface area contributed by atoms with Crippen molar-refractivity contribution in [2.75, 3.05) is 0 Å². The lowest BCUT2D eigenvalue weighted by atomic mass is 10.2. The highest BCUT2D eigenvalue weighted by molar-refractivity contribution is 6.30. The molecule has 3 nitrogen and oxygen atoms in total. The second kappa shape index (κ2) is 5.50. The van der Waals surface area contributed by atoms with Crippen molar-refractivity contribution in [1.82, 2.24) is 5.32 Å². The predicted octanol–water partition coefficient (Wildman–Crippen LogP) is 3.40. The Labute approximate surface area is 125 Å². The zero-order valence-corrected chi connectivity index (χ0v) is 11.6. The number of amidine groups is 1. The quantitative estimate of drug-likeness (QED) is 0.849. The Kier molecular flexibility index (Phi) is 3.54. The van der Waals surface area contributed by atoms with Gasteiger partial charge in [-0.25, -0.2) is 9.38 Å². The number of nitrogens with one attached hydrogen (secondary N) is 1. The van der Waals surface area contributed by atoms with Gasteiger partial charge in [0.05, 0.1) is 0 Å². The van der Waals surface area contributed by atoms with Gasteiger partial charge in [0.2, 0.25) is 0 Å². The van der Waals surface area contributed by atoms with Crippen LogP contribution >= 0.6 is 11.6 Å². The van der Waals surface area contributed by atoms with Crippen LogP contribution in [0.25, 0.3) is 6.08 Å². The van der Waals surface area contributed by atoms with Crippen LogP contribution in [0, 0.1) is 5.82 Å². The molecule has 0 radical (unpaired) electrons. The molecular formula is C16H10ClFN2O. The van der Waals surface area contributed by atoms with Crippen molar-refractivity contribution >= 4 is 29.4 Å². The van der Waals surface area contributed by atoms with Gasteiger partial charge in [-0.2, -0.15) is 0 Å². The summed E-state index contributed by atoms with van der Waals surface area (Å²) in [5, 5.41) is 3.25. The van der Waals surface area contributed by atoms with E-state index in [0.29, 0.717) is 16.4 Å². The van der Waals surface area contributed by atoms with Crippen LogP contribution in [-0.4, -0.2) is 11.7 Å². The van der Waals surface area contributed by atoms with E-state index in [2.05, 4.69) is 10.3 Å². The number of aliphatic imine (C=N–C) groups is 1. The third kappa shape index (κ3) is 3.01. The fraction of sp³-hybridized carbons (Fsp3) is 0. The SMILES string of the molecule is O=C1NC(c2cccc(F)c2)=NC1=Cc1ccc(Cl)cc1. The lowest BCUT2D eigenvalue weighted by Crippen LogP contribution is -2.24. The van der Waals surface area contributed by atoms with Crippen molar-refractivity contribution in [2.24, 2.45) is 4.99 Å². The average molecular weight is 301 g/mol. The summed E-state index contributed by atoms with van der Waals surface area (Å²) in [6.45, 7) is 0. The molecule has 1 heterocycles. The highest BCUT2D eigenvalue weighted by atomic mass is 35.5. The summed E-state index contributed by atoms with van der Waals surface area (Å²) in [6.07, 6.45) is 1.65. The summed E-state index contributed by atoms with van der Waals surface area (Å²) in [7, 11) is 0. The normalized spacial score (nSPS) is 16.0. The number of nitrogens with zero attached hydrogens (tertiary/aromatic N) is 1. The minimum absolute atomic E-state index is 0.275. The minimum Gasteiger partial charge on any atom is -0.305 e. The molecule has 0 unspecified atom stereocenters. The fourth-order valence-electron chi connectivity index (χ4n) is 1.96. The first-order valence-corrected chi connectivity index (χ1v) is 6.63. The number of amides is 1. The van der Waals surface area contributed by atoms with E-state index in [1.165, 1.54) is 12.1 Å². The molecule has 1 amide bonds. The Bertz CT molecular complexity index is 766. The lowest BCUT2D eigenvalue weighted by Gasteiger charge is -1.99. The van der Waals surface area contributed by atoms with Gasteiger partial charge in [-0.3, -0.25) is 4.79 Å². The van der Waals surface area contributed by atoms with Crippen LogP contribution in [0.3, 0.4) is 0 Å². The van der Waals surface area contributed by atoms with Gasteiger partial charge in [-0.05, 0) is 35.9 Å². The van der Waals surface area contributed by atoms with E-state index in [4.69, 9.17) is 11.6 Å². The van der Waals surface area contributed by atoms with Gasteiger partial charge in [-0.1, -0.05) is 35.9 Å². The second-order valence-corrected chi connectivity index (χ2v) is 4.94. The molecule has 2 aromatic carbocycles. The number of benzene rings is 2. The monoisotopic (exact) mass is 300 g/mol. The van der Waals surface area contributed by atoms with E-state index in [1.807, 2.05) is 0 Å². The molecule has 5 heteroatoms. The van der Waals surface area contributed by atoms with Gasteiger partial charge in [0.1, 0.15) is 17.3 Å². The molecule has 104 valence electrons. The first-order valence-electron chi connectivity index (χ1n) is 6.25. The first kappa shape index (κ1) is 13.5. The summed E-state index contributed by atoms with van der Waals surface area (Å²) in [6, 6.07) is 13.0. The number of carbonyl (C=O) groups is 1. The summed E-state index contributed by atoms with van der Waals surface area (Å²) in [4.78, 5) is 16.1. The number of hydrogen-bond donors (Lipinski definition) is 1. The zero-order chi connectivity index (χ0) is 14.8. The van der Waals surface area contributed by atoms with Gasteiger partial charge in [0.25, 0.3) is 5.91 Å². The van der Waals surface area contributed by atoms with E-state index in [9.17, 15) is 9.18 Å². The predicted molar refractivity (Wildman–Crippen MR) is 80.5 cm³/mol. The van der Waals surface area contributed by atoms with E-state index >= 15 is 0 Å². The van der Waals surface area contributed by atoms with Crippen molar-refractivity contribution in [3.63, 3.8) is 0 Å². The molecule has 0 aliphatic carbocycles. The van der Waals surface area contributed by atoms with Gasteiger partial charge in [0.15, 0.2) is 0 Å². The maximum absolute atomic E-state index is 13.2. The highest BCUT2D eigenvalue weighted by Gasteiger charge is 2.21. The van der Waals surface area contributed by atoms with E-state index < -0.39 is 0 Å². The summed E-state index contributed by atoms with van der Waals surface area (Å²) in [5.41, 5.74) is 1.62. The van der Waals surface area contributed by atoms with Crippen LogP contribution in [-0.2, 0) is 4.79 Å².